The number of aliphatic carboxylic acids is 1. The van der Waals surface area contributed by atoms with E-state index in [0.29, 0.717) is 37.5 Å². The van der Waals surface area contributed by atoms with E-state index < -0.39 is 11.4 Å². The fourth-order valence-corrected chi connectivity index (χ4v) is 2.08. The van der Waals surface area contributed by atoms with Crippen molar-refractivity contribution in [3.8, 4) is 5.75 Å². The molecule has 17 heavy (non-hydrogen) atoms. The third-order valence-electron chi connectivity index (χ3n) is 3.22. The van der Waals surface area contributed by atoms with Crippen LogP contribution in [-0.2, 0) is 14.9 Å². The zero-order valence-corrected chi connectivity index (χ0v) is 9.68. The lowest BCUT2D eigenvalue weighted by Gasteiger charge is -2.32. The first kappa shape index (κ1) is 11.9. The number of carboxylic acid groups (broad SMARTS) is 1. The monoisotopic (exact) mass is 237 g/mol. The van der Waals surface area contributed by atoms with Crippen LogP contribution in [0.1, 0.15) is 18.5 Å². The highest BCUT2D eigenvalue weighted by Gasteiger charge is 2.43. The van der Waals surface area contributed by atoms with Crippen molar-refractivity contribution in [3.63, 3.8) is 0 Å². The summed E-state index contributed by atoms with van der Waals surface area (Å²) in [5.74, 6) is -0.209. The summed E-state index contributed by atoms with van der Waals surface area (Å²) in [5.41, 5.74) is -0.334. The number of nitrogens with zero attached hydrogens (tertiary/aromatic N) is 1. The van der Waals surface area contributed by atoms with E-state index in [-0.39, 0.29) is 0 Å². The van der Waals surface area contributed by atoms with Crippen LogP contribution in [0.15, 0.2) is 18.3 Å². The molecule has 0 aliphatic carbocycles. The van der Waals surface area contributed by atoms with Gasteiger partial charge in [-0.25, -0.2) is 0 Å². The molecule has 1 aliphatic heterocycles. The zero-order chi connectivity index (χ0) is 12.3. The molecule has 1 saturated heterocycles. The number of pyridine rings is 1. The molecule has 0 spiro atoms. The topological polar surface area (TPSA) is 68.7 Å². The van der Waals surface area contributed by atoms with E-state index in [1.165, 1.54) is 0 Å². The number of carboxylic acids is 1. The number of hydrogen-bond donors (Lipinski definition) is 1. The van der Waals surface area contributed by atoms with Crippen LogP contribution in [0, 0.1) is 0 Å². The van der Waals surface area contributed by atoms with Crippen molar-refractivity contribution in [2.75, 3.05) is 20.3 Å². The molecule has 2 heterocycles. The summed E-state index contributed by atoms with van der Waals surface area (Å²) in [7, 11) is 1.55. The second-order valence-corrected chi connectivity index (χ2v) is 4.08. The van der Waals surface area contributed by atoms with Gasteiger partial charge < -0.3 is 14.6 Å². The zero-order valence-electron chi connectivity index (χ0n) is 9.68. The highest BCUT2D eigenvalue weighted by atomic mass is 16.5. The fourth-order valence-electron chi connectivity index (χ4n) is 2.08. The van der Waals surface area contributed by atoms with Gasteiger partial charge in [0.2, 0.25) is 0 Å². The third kappa shape index (κ3) is 2.10. The standard InChI is InChI=1S/C12H15NO4/c1-16-9-2-3-10(13-8-9)12(11(14)15)4-6-17-7-5-12/h2-3,8H,4-7H2,1H3,(H,14,15). The van der Waals surface area contributed by atoms with Crippen LogP contribution in [0.4, 0.5) is 0 Å². The van der Waals surface area contributed by atoms with E-state index in [9.17, 15) is 9.90 Å². The number of ether oxygens (including phenoxy) is 2. The molecular formula is C12H15NO4. The summed E-state index contributed by atoms with van der Waals surface area (Å²) in [6.07, 6.45) is 2.47. The molecular weight excluding hydrogens is 222 g/mol. The molecule has 0 saturated carbocycles. The van der Waals surface area contributed by atoms with Gasteiger partial charge >= 0.3 is 5.97 Å². The van der Waals surface area contributed by atoms with E-state index in [0.717, 1.165) is 0 Å². The van der Waals surface area contributed by atoms with Gasteiger partial charge in [0.15, 0.2) is 0 Å². The maximum Gasteiger partial charge on any atom is 0.315 e. The molecule has 5 nitrogen and oxygen atoms in total. The molecule has 1 N–H and O–H groups in total. The Morgan fingerprint density at radius 1 is 1.47 bits per heavy atom. The molecule has 0 bridgehead atoms. The Kier molecular flexibility index (Phi) is 3.28. The first-order chi connectivity index (χ1) is 8.19. The van der Waals surface area contributed by atoms with Crippen LogP contribution < -0.4 is 4.74 Å². The highest BCUT2D eigenvalue weighted by Crippen LogP contribution is 2.34. The maximum atomic E-state index is 11.5. The molecule has 2 rings (SSSR count). The molecule has 1 aromatic rings. The predicted molar refractivity (Wildman–Crippen MR) is 60.2 cm³/mol. The number of rotatable bonds is 3. The normalized spacial score (nSPS) is 18.6. The number of carbonyl (C=O) groups is 1. The summed E-state index contributed by atoms with van der Waals surface area (Å²) in [4.78, 5) is 15.7. The van der Waals surface area contributed by atoms with Gasteiger partial charge in [-0.2, -0.15) is 0 Å². The average molecular weight is 237 g/mol. The molecule has 5 heteroatoms. The van der Waals surface area contributed by atoms with Gasteiger partial charge in [-0.1, -0.05) is 0 Å². The lowest BCUT2D eigenvalue weighted by Crippen LogP contribution is -2.41. The van der Waals surface area contributed by atoms with Crippen LogP contribution >= 0.6 is 0 Å². The first-order valence-electron chi connectivity index (χ1n) is 5.51. The number of hydrogen-bond acceptors (Lipinski definition) is 4. The SMILES string of the molecule is COc1ccc(C2(C(=O)O)CCOCC2)nc1. The summed E-state index contributed by atoms with van der Waals surface area (Å²) in [6, 6.07) is 3.46. The molecule has 92 valence electrons. The Balaban J connectivity index is 2.34. The van der Waals surface area contributed by atoms with Gasteiger partial charge in [0, 0.05) is 13.2 Å². The van der Waals surface area contributed by atoms with Crippen LogP contribution in [0.2, 0.25) is 0 Å². The minimum absolute atomic E-state index is 0.458. The Morgan fingerprint density at radius 3 is 2.65 bits per heavy atom. The molecule has 0 aromatic carbocycles. The van der Waals surface area contributed by atoms with Gasteiger partial charge in [0.25, 0.3) is 0 Å². The minimum atomic E-state index is -0.912. The maximum absolute atomic E-state index is 11.5. The van der Waals surface area contributed by atoms with Crippen LogP contribution in [-0.4, -0.2) is 36.4 Å². The molecule has 1 aromatic heterocycles. The number of aromatic nitrogens is 1. The Bertz CT molecular complexity index is 395. The second kappa shape index (κ2) is 4.71. The van der Waals surface area contributed by atoms with E-state index >= 15 is 0 Å². The molecule has 1 aliphatic rings. The van der Waals surface area contributed by atoms with Gasteiger partial charge in [0.1, 0.15) is 11.2 Å². The van der Waals surface area contributed by atoms with Crippen molar-refractivity contribution in [3.05, 3.63) is 24.0 Å². The van der Waals surface area contributed by atoms with Crippen molar-refractivity contribution < 1.29 is 19.4 Å². The second-order valence-electron chi connectivity index (χ2n) is 4.08. The molecule has 1 fully saturated rings. The Morgan fingerprint density at radius 2 is 2.18 bits per heavy atom. The van der Waals surface area contributed by atoms with E-state index in [4.69, 9.17) is 9.47 Å². The summed E-state index contributed by atoms with van der Waals surface area (Å²) in [5, 5.41) is 9.44. The smallest absolute Gasteiger partial charge is 0.315 e. The fraction of sp³-hybridized carbons (Fsp3) is 0.500. The summed E-state index contributed by atoms with van der Waals surface area (Å²) < 4.78 is 10.2. The van der Waals surface area contributed by atoms with Crippen molar-refractivity contribution in [1.82, 2.24) is 4.98 Å². The van der Waals surface area contributed by atoms with Crippen molar-refractivity contribution in [1.29, 1.82) is 0 Å². The molecule has 0 unspecified atom stereocenters. The van der Waals surface area contributed by atoms with Crippen LogP contribution in [0.5, 0.6) is 5.75 Å². The molecule has 0 radical (unpaired) electrons. The van der Waals surface area contributed by atoms with Crippen molar-refractivity contribution >= 4 is 5.97 Å². The Labute approximate surface area is 99.4 Å². The van der Waals surface area contributed by atoms with E-state index in [2.05, 4.69) is 4.98 Å². The highest BCUT2D eigenvalue weighted by molar-refractivity contribution is 5.80. The summed E-state index contributed by atoms with van der Waals surface area (Å²) in [6.45, 7) is 0.917. The average Bonchev–Trinajstić information content (AvgIpc) is 2.39. The minimum Gasteiger partial charge on any atom is -0.495 e. The van der Waals surface area contributed by atoms with Gasteiger partial charge in [-0.15, -0.1) is 0 Å². The lowest BCUT2D eigenvalue weighted by atomic mass is 9.77. The molecule has 0 atom stereocenters. The van der Waals surface area contributed by atoms with Gasteiger partial charge in [-0.3, -0.25) is 9.78 Å². The molecule has 0 amide bonds. The largest absolute Gasteiger partial charge is 0.495 e. The Hall–Kier alpha value is -1.62. The van der Waals surface area contributed by atoms with Crippen molar-refractivity contribution in [2.24, 2.45) is 0 Å². The van der Waals surface area contributed by atoms with Crippen LogP contribution in [0.25, 0.3) is 0 Å². The van der Waals surface area contributed by atoms with Gasteiger partial charge in [0.05, 0.1) is 19.0 Å². The quantitative estimate of drug-likeness (QED) is 0.856. The third-order valence-corrected chi connectivity index (χ3v) is 3.22. The first-order valence-corrected chi connectivity index (χ1v) is 5.51. The lowest BCUT2D eigenvalue weighted by molar-refractivity contribution is -0.148. The van der Waals surface area contributed by atoms with E-state index in [1.807, 2.05) is 0 Å². The van der Waals surface area contributed by atoms with Gasteiger partial charge in [-0.05, 0) is 25.0 Å². The van der Waals surface area contributed by atoms with Crippen molar-refractivity contribution in [2.45, 2.75) is 18.3 Å². The number of methoxy groups -OCH3 is 1. The predicted octanol–water partition coefficient (Wildman–Crippen LogP) is 1.22. The van der Waals surface area contributed by atoms with Crippen LogP contribution in [0.3, 0.4) is 0 Å². The summed E-state index contributed by atoms with van der Waals surface area (Å²) >= 11 is 0. The van der Waals surface area contributed by atoms with E-state index in [1.54, 1.807) is 25.4 Å².